The lowest BCUT2D eigenvalue weighted by atomic mass is 10.3. The standard InChI is InChI=1S/C10H11NO2S/c1-7(2)6-14-9-8(10(12)13)4-3-5-11-9/h3-5H,1,6H2,2H3,(H,12,13). The number of hydrogen-bond donors (Lipinski definition) is 1. The highest BCUT2D eigenvalue weighted by molar-refractivity contribution is 7.99. The highest BCUT2D eigenvalue weighted by Crippen LogP contribution is 2.21. The maximum absolute atomic E-state index is 10.8. The number of hydrogen-bond acceptors (Lipinski definition) is 3. The normalized spacial score (nSPS) is 9.79. The molecule has 0 spiro atoms. The number of aromatic carboxylic acids is 1. The van der Waals surface area contributed by atoms with Gasteiger partial charge in [0.15, 0.2) is 0 Å². The lowest BCUT2D eigenvalue weighted by Gasteiger charge is -2.03. The first-order valence-corrected chi connectivity index (χ1v) is 5.05. The second-order valence-corrected chi connectivity index (χ2v) is 3.87. The molecule has 0 unspecified atom stereocenters. The smallest absolute Gasteiger partial charge is 0.338 e. The van der Waals surface area contributed by atoms with Crippen LogP contribution in [0.15, 0.2) is 35.5 Å². The van der Waals surface area contributed by atoms with Crippen LogP contribution in [-0.2, 0) is 0 Å². The van der Waals surface area contributed by atoms with Gasteiger partial charge in [0.1, 0.15) is 5.03 Å². The van der Waals surface area contributed by atoms with Crippen molar-refractivity contribution in [1.82, 2.24) is 4.98 Å². The van der Waals surface area contributed by atoms with E-state index < -0.39 is 5.97 Å². The Bertz CT molecular complexity index is 363. The van der Waals surface area contributed by atoms with Gasteiger partial charge in [0.2, 0.25) is 0 Å². The maximum atomic E-state index is 10.8. The summed E-state index contributed by atoms with van der Waals surface area (Å²) in [6.45, 7) is 5.65. The molecule has 0 aromatic carbocycles. The predicted molar refractivity (Wildman–Crippen MR) is 56.7 cm³/mol. The zero-order valence-corrected chi connectivity index (χ0v) is 8.67. The van der Waals surface area contributed by atoms with Crippen molar-refractivity contribution in [3.63, 3.8) is 0 Å². The van der Waals surface area contributed by atoms with Crippen molar-refractivity contribution >= 4 is 17.7 Å². The third-order valence-electron chi connectivity index (χ3n) is 1.46. The highest BCUT2D eigenvalue weighted by atomic mass is 32.2. The molecule has 0 fully saturated rings. The Morgan fingerprint density at radius 1 is 1.71 bits per heavy atom. The van der Waals surface area contributed by atoms with Gasteiger partial charge in [0, 0.05) is 11.9 Å². The molecule has 0 amide bonds. The molecule has 0 aliphatic carbocycles. The highest BCUT2D eigenvalue weighted by Gasteiger charge is 2.10. The third-order valence-corrected chi connectivity index (χ3v) is 2.69. The van der Waals surface area contributed by atoms with Crippen LogP contribution in [-0.4, -0.2) is 21.8 Å². The molecule has 1 N–H and O–H groups in total. The number of rotatable bonds is 4. The molecule has 1 aromatic heterocycles. The van der Waals surface area contributed by atoms with Gasteiger partial charge in [-0.2, -0.15) is 0 Å². The summed E-state index contributed by atoms with van der Waals surface area (Å²) in [4.78, 5) is 14.8. The van der Waals surface area contributed by atoms with Crippen LogP contribution in [0.2, 0.25) is 0 Å². The molecule has 74 valence electrons. The SMILES string of the molecule is C=C(C)CSc1ncccc1C(=O)O. The molecular weight excluding hydrogens is 198 g/mol. The average molecular weight is 209 g/mol. The Morgan fingerprint density at radius 2 is 2.43 bits per heavy atom. The van der Waals surface area contributed by atoms with Crippen LogP contribution in [0.25, 0.3) is 0 Å². The zero-order valence-electron chi connectivity index (χ0n) is 7.86. The summed E-state index contributed by atoms with van der Waals surface area (Å²) in [6, 6.07) is 3.17. The van der Waals surface area contributed by atoms with E-state index in [-0.39, 0.29) is 5.56 Å². The van der Waals surface area contributed by atoms with Gasteiger partial charge in [0.25, 0.3) is 0 Å². The Hall–Kier alpha value is -1.29. The molecule has 0 saturated carbocycles. The molecule has 0 aliphatic heterocycles. The molecular formula is C10H11NO2S. The van der Waals surface area contributed by atoms with Gasteiger partial charge in [0.05, 0.1) is 5.56 Å². The van der Waals surface area contributed by atoms with Crippen molar-refractivity contribution in [2.75, 3.05) is 5.75 Å². The lowest BCUT2D eigenvalue weighted by Crippen LogP contribution is -2.00. The summed E-state index contributed by atoms with van der Waals surface area (Å²) in [5.74, 6) is -0.251. The summed E-state index contributed by atoms with van der Waals surface area (Å²) in [6.07, 6.45) is 1.59. The molecule has 14 heavy (non-hydrogen) atoms. The summed E-state index contributed by atoms with van der Waals surface area (Å²) in [7, 11) is 0. The van der Waals surface area contributed by atoms with Crippen LogP contribution >= 0.6 is 11.8 Å². The van der Waals surface area contributed by atoms with Gasteiger partial charge < -0.3 is 5.11 Å². The number of carboxylic acid groups (broad SMARTS) is 1. The number of carboxylic acids is 1. The first-order chi connectivity index (χ1) is 6.61. The number of carbonyl (C=O) groups is 1. The van der Waals surface area contributed by atoms with E-state index in [2.05, 4.69) is 11.6 Å². The van der Waals surface area contributed by atoms with E-state index >= 15 is 0 Å². The van der Waals surface area contributed by atoms with Gasteiger partial charge in [-0.15, -0.1) is 11.8 Å². The number of aromatic nitrogens is 1. The van der Waals surface area contributed by atoms with Crippen molar-refractivity contribution in [2.45, 2.75) is 11.9 Å². The molecule has 4 heteroatoms. The van der Waals surface area contributed by atoms with Crippen LogP contribution in [0, 0.1) is 0 Å². The fourth-order valence-corrected chi connectivity index (χ4v) is 1.69. The second kappa shape index (κ2) is 4.81. The summed E-state index contributed by atoms with van der Waals surface area (Å²) in [5, 5.41) is 9.40. The minimum Gasteiger partial charge on any atom is -0.478 e. The Labute approximate surface area is 86.9 Å². The maximum Gasteiger partial charge on any atom is 0.338 e. The third kappa shape index (κ3) is 2.88. The van der Waals surface area contributed by atoms with Crippen molar-refractivity contribution in [2.24, 2.45) is 0 Å². The second-order valence-electron chi connectivity index (χ2n) is 2.91. The summed E-state index contributed by atoms with van der Waals surface area (Å²) >= 11 is 1.39. The van der Waals surface area contributed by atoms with E-state index in [0.29, 0.717) is 10.8 Å². The van der Waals surface area contributed by atoms with Gasteiger partial charge in [-0.1, -0.05) is 12.2 Å². The Kier molecular flexibility index (Phi) is 3.71. The fourth-order valence-electron chi connectivity index (χ4n) is 0.860. The average Bonchev–Trinajstić information content (AvgIpc) is 2.15. The number of nitrogens with zero attached hydrogens (tertiary/aromatic N) is 1. The molecule has 3 nitrogen and oxygen atoms in total. The first-order valence-electron chi connectivity index (χ1n) is 4.06. The van der Waals surface area contributed by atoms with Crippen LogP contribution < -0.4 is 0 Å². The van der Waals surface area contributed by atoms with Crippen LogP contribution in [0.4, 0.5) is 0 Å². The molecule has 1 aromatic rings. The molecule has 0 bridgehead atoms. The molecule has 1 heterocycles. The van der Waals surface area contributed by atoms with Crippen molar-refractivity contribution in [3.05, 3.63) is 36.0 Å². The van der Waals surface area contributed by atoms with E-state index in [0.717, 1.165) is 5.57 Å². The van der Waals surface area contributed by atoms with Crippen molar-refractivity contribution < 1.29 is 9.90 Å². The molecule has 1 rings (SSSR count). The molecule has 0 atom stereocenters. The van der Waals surface area contributed by atoms with Gasteiger partial charge in [-0.05, 0) is 19.1 Å². The molecule has 0 aliphatic rings. The van der Waals surface area contributed by atoms with E-state index in [1.165, 1.54) is 11.8 Å². The quantitative estimate of drug-likeness (QED) is 0.611. The van der Waals surface area contributed by atoms with E-state index in [1.807, 2.05) is 6.92 Å². The number of pyridine rings is 1. The van der Waals surface area contributed by atoms with E-state index in [1.54, 1.807) is 18.3 Å². The van der Waals surface area contributed by atoms with Gasteiger partial charge in [-0.25, -0.2) is 9.78 Å². The first kappa shape index (κ1) is 10.8. The Morgan fingerprint density at radius 3 is 3.00 bits per heavy atom. The van der Waals surface area contributed by atoms with Crippen molar-refractivity contribution in [1.29, 1.82) is 0 Å². The largest absolute Gasteiger partial charge is 0.478 e. The van der Waals surface area contributed by atoms with Gasteiger partial charge in [-0.3, -0.25) is 0 Å². The van der Waals surface area contributed by atoms with Gasteiger partial charge >= 0.3 is 5.97 Å². The zero-order chi connectivity index (χ0) is 10.6. The van der Waals surface area contributed by atoms with Crippen molar-refractivity contribution in [3.8, 4) is 0 Å². The minimum absolute atomic E-state index is 0.249. The molecule has 0 saturated heterocycles. The molecule has 0 radical (unpaired) electrons. The predicted octanol–water partition coefficient (Wildman–Crippen LogP) is 2.45. The topological polar surface area (TPSA) is 50.2 Å². The Balaban J connectivity index is 2.84. The van der Waals surface area contributed by atoms with Crippen LogP contribution in [0.5, 0.6) is 0 Å². The number of thioether (sulfide) groups is 1. The van der Waals surface area contributed by atoms with Crippen LogP contribution in [0.1, 0.15) is 17.3 Å². The minimum atomic E-state index is -0.942. The summed E-state index contributed by atoms with van der Waals surface area (Å²) in [5.41, 5.74) is 1.25. The summed E-state index contributed by atoms with van der Waals surface area (Å²) < 4.78 is 0. The van der Waals surface area contributed by atoms with E-state index in [4.69, 9.17) is 5.11 Å². The fraction of sp³-hybridized carbons (Fsp3) is 0.200. The lowest BCUT2D eigenvalue weighted by molar-refractivity contribution is 0.0692. The monoisotopic (exact) mass is 209 g/mol. The van der Waals surface area contributed by atoms with Crippen LogP contribution in [0.3, 0.4) is 0 Å². The van der Waals surface area contributed by atoms with E-state index in [9.17, 15) is 4.79 Å².